The molecule has 142 valence electrons. The lowest BCUT2D eigenvalue weighted by Crippen LogP contribution is -2.30. The first kappa shape index (κ1) is 19.8. The number of halogens is 6. The predicted octanol–water partition coefficient (Wildman–Crippen LogP) is 5.64. The predicted molar refractivity (Wildman–Crippen MR) is 103 cm³/mol. The number of nitrogens with one attached hydrogen (secondary N) is 2. The molecule has 0 amide bonds. The number of aliphatic imine (C=N–C) groups is 2. The molecule has 2 aromatic rings. The van der Waals surface area contributed by atoms with Crippen molar-refractivity contribution in [2.45, 2.75) is 12.7 Å². The smallest absolute Gasteiger partial charge is 0.326 e. The molecule has 0 spiro atoms. The minimum Gasteiger partial charge on any atom is -0.326 e. The molecule has 0 aromatic heterocycles. The Balaban J connectivity index is 1.61. The van der Waals surface area contributed by atoms with E-state index in [1.165, 1.54) is 12.1 Å². The lowest BCUT2D eigenvalue weighted by atomic mass is 10.1. The number of guanidine groups is 1. The fraction of sp³-hybridized carbons (Fsp3) is 0.176. The summed E-state index contributed by atoms with van der Waals surface area (Å²) in [5, 5.41) is 6.63. The van der Waals surface area contributed by atoms with Crippen LogP contribution in [0.4, 0.5) is 18.9 Å². The third-order valence-electron chi connectivity index (χ3n) is 3.57. The van der Waals surface area contributed by atoms with E-state index in [1.54, 1.807) is 18.2 Å². The van der Waals surface area contributed by atoms with Crippen molar-refractivity contribution in [2.24, 2.45) is 9.98 Å². The van der Waals surface area contributed by atoms with Crippen LogP contribution in [0.2, 0.25) is 15.1 Å². The molecule has 1 heterocycles. The van der Waals surface area contributed by atoms with Crippen LogP contribution in [0.1, 0.15) is 11.1 Å². The zero-order valence-corrected chi connectivity index (χ0v) is 15.8. The molecule has 1 aliphatic rings. The Labute approximate surface area is 168 Å². The molecule has 27 heavy (non-hydrogen) atoms. The van der Waals surface area contributed by atoms with Gasteiger partial charge in [0.2, 0.25) is 5.96 Å². The van der Waals surface area contributed by atoms with Crippen molar-refractivity contribution in [3.63, 3.8) is 0 Å². The minimum absolute atomic E-state index is 0.173. The van der Waals surface area contributed by atoms with Crippen molar-refractivity contribution in [1.29, 1.82) is 0 Å². The topological polar surface area (TPSA) is 48.8 Å². The lowest BCUT2D eigenvalue weighted by Gasteiger charge is -2.10. The van der Waals surface area contributed by atoms with Gasteiger partial charge in [-0.1, -0.05) is 40.9 Å². The van der Waals surface area contributed by atoms with Crippen LogP contribution in [0.15, 0.2) is 46.4 Å². The summed E-state index contributed by atoms with van der Waals surface area (Å²) in [7, 11) is 0. The minimum atomic E-state index is -4.48. The van der Waals surface area contributed by atoms with Crippen LogP contribution in [0.3, 0.4) is 0 Å². The summed E-state index contributed by atoms with van der Waals surface area (Å²) in [6.07, 6.45) is -4.48. The summed E-state index contributed by atoms with van der Waals surface area (Å²) in [6, 6.07) is 8.56. The SMILES string of the molecule is FC(F)(F)c1ccc(CN=C2CN=C(Nc3cc(Cl)cc(Cl)c3)N2)cc1Cl. The van der Waals surface area contributed by atoms with E-state index in [2.05, 4.69) is 20.6 Å². The molecule has 0 fully saturated rings. The Kier molecular flexibility index (Phi) is 5.83. The molecule has 4 nitrogen and oxygen atoms in total. The highest BCUT2D eigenvalue weighted by atomic mass is 35.5. The number of nitrogens with zero attached hydrogens (tertiary/aromatic N) is 2. The van der Waals surface area contributed by atoms with E-state index in [0.29, 0.717) is 39.6 Å². The zero-order valence-electron chi connectivity index (χ0n) is 13.5. The van der Waals surface area contributed by atoms with Crippen LogP contribution in [-0.2, 0) is 12.7 Å². The Bertz CT molecular complexity index is 906. The summed E-state index contributed by atoms with van der Waals surface area (Å²) in [6.45, 7) is 0.483. The van der Waals surface area contributed by atoms with Crippen molar-refractivity contribution in [1.82, 2.24) is 5.32 Å². The van der Waals surface area contributed by atoms with E-state index in [1.807, 2.05) is 0 Å². The van der Waals surface area contributed by atoms with Crippen LogP contribution in [0, 0.1) is 0 Å². The van der Waals surface area contributed by atoms with Crippen molar-refractivity contribution in [3.8, 4) is 0 Å². The van der Waals surface area contributed by atoms with E-state index < -0.39 is 11.7 Å². The lowest BCUT2D eigenvalue weighted by molar-refractivity contribution is -0.137. The van der Waals surface area contributed by atoms with Gasteiger partial charge in [0, 0.05) is 15.7 Å². The normalized spacial score (nSPS) is 15.6. The molecule has 1 aliphatic heterocycles. The summed E-state index contributed by atoms with van der Waals surface area (Å²) >= 11 is 17.6. The first-order chi connectivity index (χ1) is 12.7. The molecular formula is C17H12Cl3F3N4. The zero-order chi connectivity index (χ0) is 19.6. The van der Waals surface area contributed by atoms with Crippen LogP contribution >= 0.6 is 34.8 Å². The standard InChI is InChI=1S/C17H12Cl3F3N4/c18-10-4-11(19)6-12(5-10)26-16-25-8-15(27-16)24-7-9-1-2-13(14(20)3-9)17(21,22)23/h1-6H,7-8H2,(H2,24,25,26,27). The third-order valence-corrected chi connectivity index (χ3v) is 4.32. The second kappa shape index (κ2) is 7.96. The monoisotopic (exact) mass is 434 g/mol. The van der Waals surface area contributed by atoms with Gasteiger partial charge in [0.15, 0.2) is 0 Å². The number of alkyl halides is 3. The fourth-order valence-electron chi connectivity index (χ4n) is 2.37. The second-order valence-electron chi connectivity index (χ2n) is 5.65. The number of amidine groups is 1. The maximum absolute atomic E-state index is 12.7. The Morgan fingerprint density at radius 3 is 2.41 bits per heavy atom. The first-order valence-electron chi connectivity index (χ1n) is 7.64. The number of benzene rings is 2. The average molecular weight is 436 g/mol. The summed E-state index contributed by atoms with van der Waals surface area (Å²) in [4.78, 5) is 8.56. The van der Waals surface area contributed by atoms with Crippen molar-refractivity contribution in [2.75, 3.05) is 11.9 Å². The first-order valence-corrected chi connectivity index (χ1v) is 8.77. The highest BCUT2D eigenvalue weighted by Gasteiger charge is 2.32. The second-order valence-corrected chi connectivity index (χ2v) is 6.93. The van der Waals surface area contributed by atoms with E-state index in [0.717, 1.165) is 6.07 Å². The maximum atomic E-state index is 12.7. The maximum Gasteiger partial charge on any atom is 0.417 e. The molecule has 10 heteroatoms. The Hall–Kier alpha value is -1.96. The largest absolute Gasteiger partial charge is 0.417 e. The third kappa shape index (κ3) is 5.28. The van der Waals surface area contributed by atoms with Gasteiger partial charge in [-0.2, -0.15) is 13.2 Å². The highest BCUT2D eigenvalue weighted by molar-refractivity contribution is 6.35. The summed E-state index contributed by atoms with van der Waals surface area (Å²) in [5.41, 5.74) is 0.356. The summed E-state index contributed by atoms with van der Waals surface area (Å²) < 4.78 is 38.2. The average Bonchev–Trinajstić information content (AvgIpc) is 2.98. The molecule has 0 aliphatic carbocycles. The van der Waals surface area contributed by atoms with Gasteiger partial charge in [-0.15, -0.1) is 0 Å². The molecule has 2 aromatic carbocycles. The van der Waals surface area contributed by atoms with E-state index in [-0.39, 0.29) is 11.6 Å². The van der Waals surface area contributed by atoms with Crippen LogP contribution in [0.5, 0.6) is 0 Å². The van der Waals surface area contributed by atoms with Gasteiger partial charge in [0.1, 0.15) is 12.4 Å². The van der Waals surface area contributed by atoms with Crippen LogP contribution < -0.4 is 10.6 Å². The molecule has 0 atom stereocenters. The fourth-order valence-corrected chi connectivity index (χ4v) is 3.20. The highest BCUT2D eigenvalue weighted by Crippen LogP contribution is 2.35. The van der Waals surface area contributed by atoms with Gasteiger partial charge in [-0.3, -0.25) is 4.99 Å². The number of hydrogen-bond acceptors (Lipinski definition) is 3. The molecule has 0 unspecified atom stereocenters. The summed E-state index contributed by atoms with van der Waals surface area (Å²) in [5.74, 6) is 1.04. The number of rotatable bonds is 3. The van der Waals surface area contributed by atoms with Gasteiger partial charge in [0.05, 0.1) is 17.1 Å². The van der Waals surface area contributed by atoms with Gasteiger partial charge in [-0.05, 0) is 35.9 Å². The quantitative estimate of drug-likeness (QED) is 0.656. The van der Waals surface area contributed by atoms with Crippen molar-refractivity contribution >= 4 is 52.3 Å². The van der Waals surface area contributed by atoms with E-state index >= 15 is 0 Å². The van der Waals surface area contributed by atoms with Crippen molar-refractivity contribution < 1.29 is 13.2 Å². The van der Waals surface area contributed by atoms with Crippen molar-refractivity contribution in [3.05, 3.63) is 62.6 Å². The van der Waals surface area contributed by atoms with Gasteiger partial charge in [-0.25, -0.2) is 4.99 Å². The molecule has 3 rings (SSSR count). The molecular weight excluding hydrogens is 424 g/mol. The van der Waals surface area contributed by atoms with Gasteiger partial charge >= 0.3 is 6.18 Å². The molecule has 0 bridgehead atoms. The van der Waals surface area contributed by atoms with Crippen LogP contribution in [-0.4, -0.2) is 18.3 Å². The molecule has 2 N–H and O–H groups in total. The van der Waals surface area contributed by atoms with Crippen LogP contribution in [0.25, 0.3) is 0 Å². The molecule has 0 saturated heterocycles. The van der Waals surface area contributed by atoms with Gasteiger partial charge < -0.3 is 10.6 Å². The number of anilines is 1. The Morgan fingerprint density at radius 1 is 1.07 bits per heavy atom. The Morgan fingerprint density at radius 2 is 1.78 bits per heavy atom. The van der Waals surface area contributed by atoms with E-state index in [4.69, 9.17) is 34.8 Å². The van der Waals surface area contributed by atoms with E-state index in [9.17, 15) is 13.2 Å². The molecule has 0 radical (unpaired) electrons. The molecule has 0 saturated carbocycles. The van der Waals surface area contributed by atoms with Gasteiger partial charge in [0.25, 0.3) is 0 Å². The number of hydrogen-bond donors (Lipinski definition) is 2.